The first-order chi connectivity index (χ1) is 8.66. The lowest BCUT2D eigenvalue weighted by Crippen LogP contribution is -2.40. The SMILES string of the molecule is Cc1ccccc1OCC1CCCN(C(=O)O)C1. The summed E-state index contributed by atoms with van der Waals surface area (Å²) in [5.74, 6) is 1.19. The number of likely N-dealkylation sites (tertiary alicyclic amines) is 1. The van der Waals surface area contributed by atoms with E-state index >= 15 is 0 Å². The van der Waals surface area contributed by atoms with Crippen molar-refractivity contribution in [2.24, 2.45) is 5.92 Å². The third-order valence-electron chi connectivity index (χ3n) is 3.36. The Hall–Kier alpha value is -1.71. The van der Waals surface area contributed by atoms with Crippen molar-refractivity contribution in [1.29, 1.82) is 0 Å². The Kier molecular flexibility index (Phi) is 4.07. The summed E-state index contributed by atoms with van der Waals surface area (Å²) in [4.78, 5) is 12.4. The van der Waals surface area contributed by atoms with Crippen molar-refractivity contribution in [3.05, 3.63) is 29.8 Å². The molecule has 0 aliphatic carbocycles. The monoisotopic (exact) mass is 249 g/mol. The maximum Gasteiger partial charge on any atom is 0.407 e. The highest BCUT2D eigenvalue weighted by atomic mass is 16.5. The summed E-state index contributed by atoms with van der Waals surface area (Å²) in [6.07, 6.45) is 1.14. The standard InChI is InChI=1S/C14H19NO3/c1-11-5-2-3-7-13(11)18-10-12-6-4-8-15(9-12)14(16)17/h2-3,5,7,12H,4,6,8-10H2,1H3,(H,16,17). The van der Waals surface area contributed by atoms with Gasteiger partial charge in [-0.1, -0.05) is 18.2 Å². The van der Waals surface area contributed by atoms with Gasteiger partial charge in [-0.05, 0) is 31.4 Å². The number of para-hydroxylation sites is 1. The van der Waals surface area contributed by atoms with Gasteiger partial charge in [0.2, 0.25) is 0 Å². The van der Waals surface area contributed by atoms with Crippen molar-refractivity contribution in [2.45, 2.75) is 19.8 Å². The first kappa shape index (κ1) is 12.7. The van der Waals surface area contributed by atoms with Crippen molar-refractivity contribution < 1.29 is 14.6 Å². The second-order valence-corrected chi connectivity index (χ2v) is 4.81. The van der Waals surface area contributed by atoms with Gasteiger partial charge in [0.25, 0.3) is 0 Å². The van der Waals surface area contributed by atoms with E-state index in [0.29, 0.717) is 25.6 Å². The number of ether oxygens (including phenoxy) is 1. The lowest BCUT2D eigenvalue weighted by atomic mass is 9.99. The van der Waals surface area contributed by atoms with E-state index in [1.165, 1.54) is 4.90 Å². The summed E-state index contributed by atoms with van der Waals surface area (Å²) in [6, 6.07) is 7.90. The third kappa shape index (κ3) is 3.15. The molecule has 4 nitrogen and oxygen atoms in total. The number of piperidine rings is 1. The largest absolute Gasteiger partial charge is 0.493 e. The van der Waals surface area contributed by atoms with Crippen molar-refractivity contribution in [2.75, 3.05) is 19.7 Å². The smallest absolute Gasteiger partial charge is 0.407 e. The molecule has 4 heteroatoms. The van der Waals surface area contributed by atoms with Gasteiger partial charge in [-0.3, -0.25) is 0 Å². The number of carboxylic acid groups (broad SMARTS) is 1. The summed E-state index contributed by atoms with van der Waals surface area (Å²) in [7, 11) is 0. The lowest BCUT2D eigenvalue weighted by Gasteiger charge is -2.30. The Balaban J connectivity index is 1.87. The third-order valence-corrected chi connectivity index (χ3v) is 3.36. The fraction of sp³-hybridized carbons (Fsp3) is 0.500. The van der Waals surface area contributed by atoms with Crippen LogP contribution in [0.25, 0.3) is 0 Å². The molecule has 2 rings (SSSR count). The Bertz CT molecular complexity index is 419. The number of benzene rings is 1. The van der Waals surface area contributed by atoms with Gasteiger partial charge in [-0.2, -0.15) is 0 Å². The number of hydrogen-bond acceptors (Lipinski definition) is 2. The number of rotatable bonds is 3. The van der Waals surface area contributed by atoms with E-state index in [0.717, 1.165) is 24.2 Å². The summed E-state index contributed by atoms with van der Waals surface area (Å²) < 4.78 is 5.78. The predicted molar refractivity (Wildman–Crippen MR) is 69.0 cm³/mol. The minimum Gasteiger partial charge on any atom is -0.493 e. The fourth-order valence-corrected chi connectivity index (χ4v) is 2.30. The molecule has 1 N–H and O–H groups in total. The van der Waals surface area contributed by atoms with E-state index in [2.05, 4.69) is 0 Å². The molecule has 1 aromatic rings. The molecule has 98 valence electrons. The maximum absolute atomic E-state index is 10.9. The average Bonchev–Trinajstić information content (AvgIpc) is 2.38. The molecule has 1 aromatic carbocycles. The van der Waals surface area contributed by atoms with Crippen molar-refractivity contribution in [1.82, 2.24) is 4.90 Å². The molecule has 1 atom stereocenters. The Morgan fingerprint density at radius 2 is 2.28 bits per heavy atom. The predicted octanol–water partition coefficient (Wildman–Crippen LogP) is 2.76. The molecule has 0 spiro atoms. The molecule has 1 fully saturated rings. The van der Waals surface area contributed by atoms with Crippen LogP contribution < -0.4 is 4.74 Å². The van der Waals surface area contributed by atoms with Gasteiger partial charge in [0.15, 0.2) is 0 Å². The van der Waals surface area contributed by atoms with Crippen LogP contribution in [0.15, 0.2) is 24.3 Å². The van der Waals surface area contributed by atoms with E-state index in [1.54, 1.807) is 0 Å². The number of aryl methyl sites for hydroxylation is 1. The summed E-state index contributed by atoms with van der Waals surface area (Å²) in [6.45, 7) is 3.84. The molecule has 0 bridgehead atoms. The maximum atomic E-state index is 10.9. The second kappa shape index (κ2) is 5.76. The highest BCUT2D eigenvalue weighted by Crippen LogP contribution is 2.21. The van der Waals surface area contributed by atoms with Crippen LogP contribution >= 0.6 is 0 Å². The lowest BCUT2D eigenvalue weighted by molar-refractivity contribution is 0.104. The van der Waals surface area contributed by atoms with E-state index in [1.807, 2.05) is 31.2 Å². The highest BCUT2D eigenvalue weighted by molar-refractivity contribution is 5.65. The van der Waals surface area contributed by atoms with Crippen LogP contribution in [0.2, 0.25) is 0 Å². The van der Waals surface area contributed by atoms with E-state index < -0.39 is 6.09 Å². The normalized spacial score (nSPS) is 19.6. The number of nitrogens with zero attached hydrogens (tertiary/aromatic N) is 1. The van der Waals surface area contributed by atoms with Crippen molar-refractivity contribution >= 4 is 6.09 Å². The van der Waals surface area contributed by atoms with Gasteiger partial charge in [0.1, 0.15) is 5.75 Å². The summed E-state index contributed by atoms with van der Waals surface area (Å²) in [5, 5.41) is 8.97. The Labute approximate surface area is 107 Å². The molecule has 1 amide bonds. The molecule has 0 saturated carbocycles. The van der Waals surface area contributed by atoms with Crippen LogP contribution in [0, 0.1) is 12.8 Å². The van der Waals surface area contributed by atoms with Gasteiger partial charge in [-0.25, -0.2) is 4.79 Å². The molecule has 1 saturated heterocycles. The minimum atomic E-state index is -0.824. The van der Waals surface area contributed by atoms with Gasteiger partial charge < -0.3 is 14.7 Å². The zero-order chi connectivity index (χ0) is 13.0. The molecule has 1 aliphatic rings. The van der Waals surface area contributed by atoms with Crippen molar-refractivity contribution in [3.63, 3.8) is 0 Å². The van der Waals surface area contributed by atoms with Crippen molar-refractivity contribution in [3.8, 4) is 5.75 Å². The van der Waals surface area contributed by atoms with Crippen LogP contribution in [-0.4, -0.2) is 35.8 Å². The topological polar surface area (TPSA) is 49.8 Å². The molecule has 18 heavy (non-hydrogen) atoms. The van der Waals surface area contributed by atoms with Crippen LogP contribution in [0.1, 0.15) is 18.4 Å². The Morgan fingerprint density at radius 1 is 1.50 bits per heavy atom. The fourth-order valence-electron chi connectivity index (χ4n) is 2.30. The van der Waals surface area contributed by atoms with Crippen LogP contribution in [0.5, 0.6) is 5.75 Å². The molecule has 0 radical (unpaired) electrons. The first-order valence-electron chi connectivity index (χ1n) is 6.33. The zero-order valence-corrected chi connectivity index (χ0v) is 10.6. The number of amides is 1. The average molecular weight is 249 g/mol. The molecular weight excluding hydrogens is 230 g/mol. The summed E-state index contributed by atoms with van der Waals surface area (Å²) >= 11 is 0. The zero-order valence-electron chi connectivity index (χ0n) is 10.6. The van der Waals surface area contributed by atoms with Crippen LogP contribution in [0.4, 0.5) is 4.79 Å². The summed E-state index contributed by atoms with van der Waals surface area (Å²) in [5.41, 5.74) is 1.11. The van der Waals surface area contributed by atoms with Crippen LogP contribution in [-0.2, 0) is 0 Å². The van der Waals surface area contributed by atoms with Gasteiger partial charge >= 0.3 is 6.09 Å². The first-order valence-corrected chi connectivity index (χ1v) is 6.33. The van der Waals surface area contributed by atoms with E-state index in [9.17, 15) is 4.79 Å². The molecule has 0 aromatic heterocycles. The molecular formula is C14H19NO3. The number of carbonyl (C=O) groups is 1. The van der Waals surface area contributed by atoms with E-state index in [4.69, 9.17) is 9.84 Å². The van der Waals surface area contributed by atoms with Gasteiger partial charge in [-0.15, -0.1) is 0 Å². The van der Waals surface area contributed by atoms with E-state index in [-0.39, 0.29) is 0 Å². The minimum absolute atomic E-state index is 0.300. The quantitative estimate of drug-likeness (QED) is 0.896. The molecule has 1 unspecified atom stereocenters. The van der Waals surface area contributed by atoms with Crippen LogP contribution in [0.3, 0.4) is 0 Å². The molecule has 1 heterocycles. The van der Waals surface area contributed by atoms with Gasteiger partial charge in [0.05, 0.1) is 6.61 Å². The van der Waals surface area contributed by atoms with Gasteiger partial charge in [0, 0.05) is 19.0 Å². The Morgan fingerprint density at radius 3 is 3.00 bits per heavy atom. The highest BCUT2D eigenvalue weighted by Gasteiger charge is 2.23. The number of hydrogen-bond donors (Lipinski definition) is 1. The second-order valence-electron chi connectivity index (χ2n) is 4.81. The molecule has 1 aliphatic heterocycles.